The number of carbonyl (C=O) groups excluding carboxylic acids is 1. The highest BCUT2D eigenvalue weighted by atomic mass is 35.5. The van der Waals surface area contributed by atoms with E-state index < -0.39 is 0 Å². The average molecular weight is 390 g/mol. The van der Waals surface area contributed by atoms with Crippen LogP contribution in [0.25, 0.3) is 0 Å². The van der Waals surface area contributed by atoms with Gasteiger partial charge < -0.3 is 10.6 Å². The first-order chi connectivity index (χ1) is 13.1. The van der Waals surface area contributed by atoms with Crippen LogP contribution in [0.5, 0.6) is 0 Å². The summed E-state index contributed by atoms with van der Waals surface area (Å²) in [5.41, 5.74) is 2.03. The Morgan fingerprint density at radius 3 is 2.33 bits per heavy atom. The van der Waals surface area contributed by atoms with Crippen LogP contribution in [0.15, 0.2) is 42.5 Å². The van der Waals surface area contributed by atoms with Gasteiger partial charge in [0, 0.05) is 28.5 Å². The molecule has 1 aliphatic rings. The van der Waals surface area contributed by atoms with Crippen LogP contribution in [-0.4, -0.2) is 30.4 Å². The van der Waals surface area contributed by atoms with Crippen molar-refractivity contribution < 1.29 is 9.18 Å². The lowest BCUT2D eigenvalue weighted by atomic mass is 10.2. The third-order valence-corrected chi connectivity index (χ3v) is 5.12. The fourth-order valence-electron chi connectivity index (χ4n) is 3.26. The zero-order valence-corrected chi connectivity index (χ0v) is 16.1. The van der Waals surface area contributed by atoms with Crippen molar-refractivity contribution in [2.75, 3.05) is 30.3 Å². The lowest BCUT2D eigenvalue weighted by Crippen LogP contribution is -2.33. The van der Waals surface area contributed by atoms with Gasteiger partial charge in [-0.15, -0.1) is 0 Å². The Labute approximate surface area is 164 Å². The molecule has 4 nitrogen and oxygen atoms in total. The van der Waals surface area contributed by atoms with Gasteiger partial charge in [-0.3, -0.25) is 9.69 Å². The first-order valence-corrected chi connectivity index (χ1v) is 9.78. The number of anilines is 2. The van der Waals surface area contributed by atoms with E-state index in [1.54, 1.807) is 12.1 Å². The fourth-order valence-corrected chi connectivity index (χ4v) is 3.49. The Bertz CT molecular complexity index is 738. The van der Waals surface area contributed by atoms with E-state index in [4.69, 9.17) is 11.6 Å². The summed E-state index contributed by atoms with van der Waals surface area (Å²) in [5.74, 6) is -0.317. The third-order valence-electron chi connectivity index (χ3n) is 4.77. The molecular formula is C21H25ClFN3O. The maximum atomic E-state index is 13.8. The van der Waals surface area contributed by atoms with E-state index in [9.17, 15) is 9.18 Å². The molecule has 1 heterocycles. The van der Waals surface area contributed by atoms with Crippen molar-refractivity contribution in [1.29, 1.82) is 0 Å². The maximum Gasteiger partial charge on any atom is 0.238 e. The molecule has 0 unspecified atom stereocenters. The number of carbonyl (C=O) groups is 1. The van der Waals surface area contributed by atoms with Crippen LogP contribution in [0.2, 0.25) is 5.02 Å². The second-order valence-corrected chi connectivity index (χ2v) is 7.28. The highest BCUT2D eigenvalue weighted by Crippen LogP contribution is 2.21. The van der Waals surface area contributed by atoms with Crippen LogP contribution in [0.4, 0.5) is 15.8 Å². The second-order valence-electron chi connectivity index (χ2n) is 6.87. The van der Waals surface area contributed by atoms with Crippen LogP contribution in [0.1, 0.15) is 31.2 Å². The van der Waals surface area contributed by atoms with Gasteiger partial charge in [0.1, 0.15) is 5.82 Å². The van der Waals surface area contributed by atoms with Crippen molar-refractivity contribution in [2.45, 2.75) is 32.2 Å². The first-order valence-electron chi connectivity index (χ1n) is 9.41. The number of likely N-dealkylation sites (tertiary alicyclic amines) is 1. The van der Waals surface area contributed by atoms with Crippen molar-refractivity contribution in [1.82, 2.24) is 4.90 Å². The Balaban J connectivity index is 1.50. The summed E-state index contributed by atoms with van der Waals surface area (Å²) in [5, 5.41) is 6.49. The minimum Gasteiger partial charge on any atom is -0.381 e. The average Bonchev–Trinajstić information content (AvgIpc) is 2.91. The summed E-state index contributed by atoms with van der Waals surface area (Å²) in [6.45, 7) is 2.72. The molecule has 27 heavy (non-hydrogen) atoms. The van der Waals surface area contributed by atoms with Crippen molar-refractivity contribution in [3.05, 3.63) is 58.9 Å². The Morgan fingerprint density at radius 1 is 1.00 bits per heavy atom. The van der Waals surface area contributed by atoms with E-state index >= 15 is 0 Å². The number of benzene rings is 2. The summed E-state index contributed by atoms with van der Waals surface area (Å²) in [7, 11) is 0. The normalized spacial score (nSPS) is 15.2. The van der Waals surface area contributed by atoms with Gasteiger partial charge >= 0.3 is 0 Å². The van der Waals surface area contributed by atoms with Crippen molar-refractivity contribution >= 4 is 28.9 Å². The van der Waals surface area contributed by atoms with Crippen LogP contribution in [0, 0.1) is 5.82 Å². The molecule has 0 aliphatic carbocycles. The van der Waals surface area contributed by atoms with Crippen molar-refractivity contribution in [3.63, 3.8) is 0 Å². The number of halogens is 2. The van der Waals surface area contributed by atoms with E-state index in [0.29, 0.717) is 23.7 Å². The molecule has 0 atom stereocenters. The third kappa shape index (κ3) is 5.94. The summed E-state index contributed by atoms with van der Waals surface area (Å²) < 4.78 is 13.8. The molecule has 2 N–H and O–H groups in total. The van der Waals surface area contributed by atoms with Crippen LogP contribution < -0.4 is 10.6 Å². The number of rotatable bonds is 6. The lowest BCUT2D eigenvalue weighted by molar-refractivity contribution is -0.117. The van der Waals surface area contributed by atoms with Gasteiger partial charge in [-0.2, -0.15) is 0 Å². The maximum absolute atomic E-state index is 13.8. The summed E-state index contributed by atoms with van der Waals surface area (Å²) in [4.78, 5) is 14.5. The SMILES string of the molecule is O=C(CN1CCCCCC1)Nc1ccc(NCc2c(F)cccc2Cl)cc1. The predicted molar refractivity (Wildman–Crippen MR) is 109 cm³/mol. The zero-order chi connectivity index (χ0) is 19.1. The summed E-state index contributed by atoms with van der Waals surface area (Å²) in [6, 6.07) is 12.0. The van der Waals surface area contributed by atoms with Crippen LogP contribution >= 0.6 is 11.6 Å². The smallest absolute Gasteiger partial charge is 0.238 e. The van der Waals surface area contributed by atoms with E-state index in [2.05, 4.69) is 15.5 Å². The molecule has 1 aliphatic heterocycles. The van der Waals surface area contributed by atoms with Gasteiger partial charge in [0.25, 0.3) is 0 Å². The lowest BCUT2D eigenvalue weighted by Gasteiger charge is -2.19. The molecule has 0 bridgehead atoms. The Hall–Kier alpha value is -2.11. The second kappa shape index (κ2) is 9.72. The van der Waals surface area contributed by atoms with Crippen molar-refractivity contribution in [3.8, 4) is 0 Å². The number of nitrogens with one attached hydrogen (secondary N) is 2. The number of amides is 1. The molecule has 1 amide bonds. The molecule has 0 radical (unpaired) electrons. The van der Waals surface area contributed by atoms with Gasteiger partial charge in [-0.25, -0.2) is 4.39 Å². The van der Waals surface area contributed by atoms with Gasteiger partial charge in [0.2, 0.25) is 5.91 Å². The number of nitrogens with zero attached hydrogens (tertiary/aromatic N) is 1. The van der Waals surface area contributed by atoms with E-state index in [1.807, 2.05) is 24.3 Å². The number of hydrogen-bond donors (Lipinski definition) is 2. The molecule has 0 saturated carbocycles. The van der Waals surface area contributed by atoms with Gasteiger partial charge in [-0.05, 0) is 62.3 Å². The summed E-state index contributed by atoms with van der Waals surface area (Å²) >= 11 is 6.04. The van der Waals surface area contributed by atoms with Gasteiger partial charge in [-0.1, -0.05) is 30.5 Å². The minimum atomic E-state index is -0.326. The largest absolute Gasteiger partial charge is 0.381 e. The highest BCUT2D eigenvalue weighted by molar-refractivity contribution is 6.31. The molecule has 0 spiro atoms. The summed E-state index contributed by atoms with van der Waals surface area (Å²) in [6.07, 6.45) is 4.84. The molecular weight excluding hydrogens is 365 g/mol. The molecule has 1 fully saturated rings. The fraction of sp³-hybridized carbons (Fsp3) is 0.381. The monoisotopic (exact) mass is 389 g/mol. The molecule has 3 rings (SSSR count). The van der Waals surface area contributed by atoms with Gasteiger partial charge in [0.15, 0.2) is 0 Å². The standard InChI is InChI=1S/C21H25ClFN3O/c22-19-6-5-7-20(23)18(19)14-24-16-8-10-17(11-9-16)25-21(27)15-26-12-3-1-2-4-13-26/h5-11,24H,1-4,12-15H2,(H,25,27). The van der Waals surface area contributed by atoms with E-state index in [0.717, 1.165) is 24.5 Å². The number of hydrogen-bond acceptors (Lipinski definition) is 3. The van der Waals surface area contributed by atoms with Crippen LogP contribution in [0.3, 0.4) is 0 Å². The first kappa shape index (κ1) is 19.6. The molecule has 2 aromatic rings. The quantitative estimate of drug-likeness (QED) is 0.738. The van der Waals surface area contributed by atoms with Crippen LogP contribution in [-0.2, 0) is 11.3 Å². The molecule has 2 aromatic carbocycles. The molecule has 6 heteroatoms. The van der Waals surface area contributed by atoms with E-state index in [1.165, 1.54) is 31.7 Å². The van der Waals surface area contributed by atoms with E-state index in [-0.39, 0.29) is 11.7 Å². The minimum absolute atomic E-state index is 0.00995. The molecule has 1 saturated heterocycles. The highest BCUT2D eigenvalue weighted by Gasteiger charge is 2.13. The Kier molecular flexibility index (Phi) is 7.07. The Morgan fingerprint density at radius 2 is 1.67 bits per heavy atom. The van der Waals surface area contributed by atoms with Gasteiger partial charge in [0.05, 0.1) is 6.54 Å². The van der Waals surface area contributed by atoms with Crippen molar-refractivity contribution in [2.24, 2.45) is 0 Å². The molecule has 0 aromatic heterocycles. The predicted octanol–water partition coefficient (Wildman–Crippen LogP) is 4.91. The zero-order valence-electron chi connectivity index (χ0n) is 15.3. The molecule has 144 valence electrons. The topological polar surface area (TPSA) is 44.4 Å².